The fraction of sp³-hybridized carbons (Fsp3) is 0.609. The Bertz CT molecular complexity index is 911. The van der Waals surface area contributed by atoms with Gasteiger partial charge in [-0.15, -0.1) is 11.3 Å². The number of fused-ring (bicyclic) bond motifs is 1. The molecule has 1 aromatic rings. The highest BCUT2D eigenvalue weighted by atomic mass is 32.1. The Hall–Kier alpha value is -2.15. The number of carboxylic acid groups (broad SMARTS) is 1. The maximum atomic E-state index is 13.2. The van der Waals surface area contributed by atoms with Gasteiger partial charge in [0.15, 0.2) is 0 Å². The van der Waals surface area contributed by atoms with E-state index < -0.39 is 17.8 Å². The molecule has 0 bridgehead atoms. The SMILES string of the molecule is CC1=C(C)CC(C(=O)Nc2sc3c(c2C(=O)NC2CCCC2)CCC3)C(C(=O)O)C1. The Morgan fingerprint density at radius 3 is 2.30 bits per heavy atom. The Labute approximate surface area is 181 Å². The van der Waals surface area contributed by atoms with Crippen LogP contribution in [0.15, 0.2) is 11.1 Å². The molecule has 1 heterocycles. The summed E-state index contributed by atoms with van der Waals surface area (Å²) in [6, 6.07) is 0.212. The molecule has 162 valence electrons. The molecule has 0 aromatic carbocycles. The number of carbonyl (C=O) groups is 3. The van der Waals surface area contributed by atoms with Crippen molar-refractivity contribution < 1.29 is 19.5 Å². The molecule has 30 heavy (non-hydrogen) atoms. The lowest BCUT2D eigenvalue weighted by atomic mass is 9.76. The number of carboxylic acids is 1. The zero-order valence-corrected chi connectivity index (χ0v) is 18.5. The average Bonchev–Trinajstić information content (AvgIpc) is 3.41. The van der Waals surface area contributed by atoms with Gasteiger partial charge in [-0.3, -0.25) is 14.4 Å². The molecule has 4 rings (SSSR count). The quantitative estimate of drug-likeness (QED) is 0.607. The second kappa shape index (κ2) is 8.53. The highest BCUT2D eigenvalue weighted by Crippen LogP contribution is 2.41. The lowest BCUT2D eigenvalue weighted by Crippen LogP contribution is -2.37. The number of anilines is 1. The van der Waals surface area contributed by atoms with Gasteiger partial charge in [0.25, 0.3) is 5.91 Å². The second-order valence-corrected chi connectivity index (χ2v) is 10.1. The zero-order chi connectivity index (χ0) is 21.4. The van der Waals surface area contributed by atoms with Crippen LogP contribution in [0.2, 0.25) is 0 Å². The number of rotatable bonds is 5. The Morgan fingerprint density at radius 2 is 1.63 bits per heavy atom. The number of amides is 2. The summed E-state index contributed by atoms with van der Waals surface area (Å²) in [5.74, 6) is -2.66. The maximum absolute atomic E-state index is 13.2. The van der Waals surface area contributed by atoms with Crippen LogP contribution < -0.4 is 10.6 Å². The van der Waals surface area contributed by atoms with Crippen molar-refractivity contribution in [1.29, 1.82) is 0 Å². The standard InChI is InChI=1S/C23H30N2O4S/c1-12-10-16(17(23(28)29)11-13(12)2)20(26)25-22-19(15-8-5-9-18(15)30-22)21(27)24-14-6-3-4-7-14/h14,16-17H,3-11H2,1-2H3,(H,24,27)(H,25,26)(H,28,29). The number of nitrogens with one attached hydrogen (secondary N) is 2. The zero-order valence-electron chi connectivity index (χ0n) is 17.7. The summed E-state index contributed by atoms with van der Waals surface area (Å²) < 4.78 is 0. The van der Waals surface area contributed by atoms with E-state index in [1.165, 1.54) is 16.2 Å². The molecule has 1 fully saturated rings. The van der Waals surface area contributed by atoms with Gasteiger partial charge in [0.1, 0.15) is 5.00 Å². The van der Waals surface area contributed by atoms with Crippen molar-refractivity contribution in [3.05, 3.63) is 27.2 Å². The monoisotopic (exact) mass is 430 g/mol. The molecule has 1 aromatic heterocycles. The van der Waals surface area contributed by atoms with Gasteiger partial charge in [0.2, 0.25) is 5.91 Å². The van der Waals surface area contributed by atoms with Gasteiger partial charge in [-0.2, -0.15) is 0 Å². The molecular weight excluding hydrogens is 400 g/mol. The van der Waals surface area contributed by atoms with Crippen LogP contribution in [0.5, 0.6) is 0 Å². The Balaban J connectivity index is 1.57. The second-order valence-electron chi connectivity index (χ2n) is 9.03. The summed E-state index contributed by atoms with van der Waals surface area (Å²) >= 11 is 1.49. The summed E-state index contributed by atoms with van der Waals surface area (Å²) in [6.45, 7) is 3.91. The number of aryl methyl sites for hydroxylation is 1. The molecule has 2 unspecified atom stereocenters. The highest BCUT2D eigenvalue weighted by Gasteiger charge is 2.38. The molecule has 0 spiro atoms. The van der Waals surface area contributed by atoms with Crippen LogP contribution in [0.1, 0.15) is 79.6 Å². The topological polar surface area (TPSA) is 95.5 Å². The van der Waals surface area contributed by atoms with E-state index in [1.807, 2.05) is 13.8 Å². The first-order valence-electron chi connectivity index (χ1n) is 11.0. The van der Waals surface area contributed by atoms with Gasteiger partial charge >= 0.3 is 5.97 Å². The number of hydrogen-bond donors (Lipinski definition) is 3. The van der Waals surface area contributed by atoms with Gasteiger partial charge in [0, 0.05) is 10.9 Å². The van der Waals surface area contributed by atoms with Gasteiger partial charge in [-0.1, -0.05) is 24.0 Å². The first-order chi connectivity index (χ1) is 14.3. The smallest absolute Gasteiger partial charge is 0.307 e. The minimum absolute atomic E-state index is 0.0954. The van der Waals surface area contributed by atoms with E-state index in [0.29, 0.717) is 23.4 Å². The normalized spacial score (nSPS) is 24.1. The van der Waals surface area contributed by atoms with Crippen LogP contribution in [0.4, 0.5) is 5.00 Å². The van der Waals surface area contributed by atoms with E-state index in [4.69, 9.17) is 0 Å². The van der Waals surface area contributed by atoms with E-state index in [1.54, 1.807) is 0 Å². The van der Waals surface area contributed by atoms with E-state index in [2.05, 4.69) is 10.6 Å². The van der Waals surface area contributed by atoms with Crippen molar-refractivity contribution in [2.24, 2.45) is 11.8 Å². The molecule has 3 N–H and O–H groups in total. The van der Waals surface area contributed by atoms with Crippen molar-refractivity contribution in [2.45, 2.75) is 77.7 Å². The minimum Gasteiger partial charge on any atom is -0.481 e. The highest BCUT2D eigenvalue weighted by molar-refractivity contribution is 7.17. The lowest BCUT2D eigenvalue weighted by molar-refractivity contribution is -0.146. The van der Waals surface area contributed by atoms with Gasteiger partial charge in [-0.05, 0) is 64.4 Å². The summed E-state index contributed by atoms with van der Waals surface area (Å²) in [4.78, 5) is 39.2. The fourth-order valence-electron chi connectivity index (χ4n) is 5.09. The molecule has 6 nitrogen and oxygen atoms in total. The van der Waals surface area contributed by atoms with Crippen LogP contribution in [0, 0.1) is 11.8 Å². The fourth-order valence-corrected chi connectivity index (χ4v) is 6.38. The Morgan fingerprint density at radius 1 is 0.967 bits per heavy atom. The van der Waals surface area contributed by atoms with Gasteiger partial charge < -0.3 is 15.7 Å². The number of carbonyl (C=O) groups excluding carboxylic acids is 2. The number of aliphatic carboxylic acids is 1. The summed E-state index contributed by atoms with van der Waals surface area (Å²) in [7, 11) is 0. The summed E-state index contributed by atoms with van der Waals surface area (Å²) in [6.07, 6.45) is 7.96. The molecule has 0 saturated heterocycles. The molecule has 3 aliphatic carbocycles. The van der Waals surface area contributed by atoms with E-state index >= 15 is 0 Å². The Kier molecular flexibility index (Phi) is 6.00. The molecule has 0 radical (unpaired) electrons. The molecule has 7 heteroatoms. The largest absolute Gasteiger partial charge is 0.481 e. The molecule has 3 aliphatic rings. The van der Waals surface area contributed by atoms with Crippen molar-refractivity contribution >= 4 is 34.1 Å². The molecular formula is C23H30N2O4S. The van der Waals surface area contributed by atoms with E-state index in [-0.39, 0.29) is 17.9 Å². The minimum atomic E-state index is -0.935. The van der Waals surface area contributed by atoms with Crippen LogP contribution >= 0.6 is 11.3 Å². The van der Waals surface area contributed by atoms with Crippen molar-refractivity contribution in [2.75, 3.05) is 5.32 Å². The number of thiophene rings is 1. The van der Waals surface area contributed by atoms with Crippen molar-refractivity contribution in [3.8, 4) is 0 Å². The molecule has 1 saturated carbocycles. The molecule has 2 amide bonds. The maximum Gasteiger partial charge on any atom is 0.307 e. The van der Waals surface area contributed by atoms with E-state index in [9.17, 15) is 19.5 Å². The van der Waals surface area contributed by atoms with Crippen LogP contribution in [-0.2, 0) is 22.4 Å². The first-order valence-corrected chi connectivity index (χ1v) is 11.8. The summed E-state index contributed by atoms with van der Waals surface area (Å²) in [5.41, 5.74) is 3.81. The van der Waals surface area contributed by atoms with Crippen molar-refractivity contribution in [1.82, 2.24) is 5.32 Å². The predicted molar refractivity (Wildman–Crippen MR) is 117 cm³/mol. The van der Waals surface area contributed by atoms with Gasteiger partial charge in [-0.25, -0.2) is 0 Å². The third-order valence-electron chi connectivity index (χ3n) is 7.00. The third kappa shape index (κ3) is 4.04. The van der Waals surface area contributed by atoms with Crippen LogP contribution in [-0.4, -0.2) is 28.9 Å². The average molecular weight is 431 g/mol. The molecule has 2 atom stereocenters. The molecule has 0 aliphatic heterocycles. The predicted octanol–water partition coefficient (Wildman–Crippen LogP) is 4.29. The van der Waals surface area contributed by atoms with Crippen LogP contribution in [0.25, 0.3) is 0 Å². The summed E-state index contributed by atoms with van der Waals surface area (Å²) in [5, 5.41) is 16.4. The lowest BCUT2D eigenvalue weighted by Gasteiger charge is -2.29. The first kappa shape index (κ1) is 21.1. The van der Waals surface area contributed by atoms with Gasteiger partial charge in [0.05, 0.1) is 17.4 Å². The van der Waals surface area contributed by atoms with Crippen molar-refractivity contribution in [3.63, 3.8) is 0 Å². The van der Waals surface area contributed by atoms with E-state index in [0.717, 1.165) is 61.7 Å². The third-order valence-corrected chi connectivity index (χ3v) is 8.20. The van der Waals surface area contributed by atoms with Crippen LogP contribution in [0.3, 0.4) is 0 Å². The number of hydrogen-bond acceptors (Lipinski definition) is 4. The number of allylic oxidation sites excluding steroid dienone is 2.